The molecule has 0 fully saturated rings. The van der Waals surface area contributed by atoms with Crippen LogP contribution < -0.4 is 4.74 Å². The zero-order valence-corrected chi connectivity index (χ0v) is 6.54. The summed E-state index contributed by atoms with van der Waals surface area (Å²) in [4.78, 5) is 0. The summed E-state index contributed by atoms with van der Waals surface area (Å²) in [6.07, 6.45) is 2.08. The highest BCUT2D eigenvalue weighted by atomic mass is 16.5. The maximum Gasteiger partial charge on any atom is 0.160 e. The predicted molar refractivity (Wildman–Crippen MR) is 40.7 cm³/mol. The monoisotopic (exact) mass is 156 g/mol. The maximum atomic E-state index is 8.62. The molecule has 0 aliphatic rings. The zero-order valence-electron chi connectivity index (χ0n) is 6.54. The molecule has 0 aliphatic carbocycles. The first-order valence-corrected chi connectivity index (χ1v) is 3.68. The Bertz CT molecular complexity index is 184. The zero-order chi connectivity index (χ0) is 8.10. The van der Waals surface area contributed by atoms with Crippen molar-refractivity contribution in [1.29, 1.82) is 0 Å². The third-order valence-electron chi connectivity index (χ3n) is 1.34. The molecular formula is C8H12O3. The van der Waals surface area contributed by atoms with Gasteiger partial charge in [0.25, 0.3) is 0 Å². The van der Waals surface area contributed by atoms with Crippen molar-refractivity contribution in [2.45, 2.75) is 13.3 Å². The number of ether oxygens (including phenoxy) is 1. The molecule has 1 heterocycles. The third kappa shape index (κ3) is 1.98. The van der Waals surface area contributed by atoms with Gasteiger partial charge in [-0.05, 0) is 6.92 Å². The van der Waals surface area contributed by atoms with Gasteiger partial charge in [-0.15, -0.1) is 0 Å². The number of aliphatic hydroxyl groups is 1. The summed E-state index contributed by atoms with van der Waals surface area (Å²) in [6, 6.07) is 1.76. The summed E-state index contributed by atoms with van der Waals surface area (Å²) in [5, 5.41) is 8.62. The van der Waals surface area contributed by atoms with E-state index in [2.05, 4.69) is 0 Å². The molecule has 0 radical (unpaired) electrons. The van der Waals surface area contributed by atoms with Crippen LogP contribution in [0.3, 0.4) is 0 Å². The van der Waals surface area contributed by atoms with Gasteiger partial charge >= 0.3 is 0 Å². The van der Waals surface area contributed by atoms with E-state index in [4.69, 9.17) is 14.3 Å². The van der Waals surface area contributed by atoms with Gasteiger partial charge in [0.1, 0.15) is 5.76 Å². The lowest BCUT2D eigenvalue weighted by Crippen LogP contribution is -1.95. The fourth-order valence-electron chi connectivity index (χ4n) is 0.897. The van der Waals surface area contributed by atoms with Crippen LogP contribution in [0.4, 0.5) is 0 Å². The van der Waals surface area contributed by atoms with Gasteiger partial charge in [-0.2, -0.15) is 0 Å². The van der Waals surface area contributed by atoms with Crippen LogP contribution in [0.5, 0.6) is 5.75 Å². The van der Waals surface area contributed by atoms with Crippen LogP contribution in [0.15, 0.2) is 16.7 Å². The lowest BCUT2D eigenvalue weighted by Gasteiger charge is -2.00. The van der Waals surface area contributed by atoms with E-state index in [1.807, 2.05) is 6.92 Å². The van der Waals surface area contributed by atoms with E-state index >= 15 is 0 Å². The van der Waals surface area contributed by atoms with Crippen molar-refractivity contribution in [2.24, 2.45) is 0 Å². The molecule has 0 amide bonds. The molecule has 1 N–H and O–H groups in total. The molecule has 0 atom stereocenters. The molecular weight excluding hydrogens is 144 g/mol. The van der Waals surface area contributed by atoms with Gasteiger partial charge in [-0.1, -0.05) is 0 Å². The number of hydrogen-bond acceptors (Lipinski definition) is 3. The molecule has 1 aromatic heterocycles. The summed E-state index contributed by atoms with van der Waals surface area (Å²) in [5.41, 5.74) is 0. The van der Waals surface area contributed by atoms with E-state index in [1.54, 1.807) is 12.3 Å². The fourth-order valence-corrected chi connectivity index (χ4v) is 0.897. The molecule has 62 valence electrons. The Kier molecular flexibility index (Phi) is 2.98. The van der Waals surface area contributed by atoms with Crippen molar-refractivity contribution in [1.82, 2.24) is 0 Å². The summed E-state index contributed by atoms with van der Waals surface area (Å²) >= 11 is 0. The minimum atomic E-state index is 0.0909. The Morgan fingerprint density at radius 3 is 3.09 bits per heavy atom. The quantitative estimate of drug-likeness (QED) is 0.712. The van der Waals surface area contributed by atoms with E-state index in [0.717, 1.165) is 5.75 Å². The van der Waals surface area contributed by atoms with Gasteiger partial charge in [-0.3, -0.25) is 0 Å². The molecule has 1 rings (SSSR count). The first kappa shape index (κ1) is 8.14. The highest BCUT2D eigenvalue weighted by molar-refractivity contribution is 5.24. The number of rotatable bonds is 4. The van der Waals surface area contributed by atoms with Gasteiger partial charge < -0.3 is 14.3 Å². The second-order valence-electron chi connectivity index (χ2n) is 2.11. The highest BCUT2D eigenvalue weighted by Crippen LogP contribution is 2.19. The Morgan fingerprint density at radius 2 is 2.45 bits per heavy atom. The van der Waals surface area contributed by atoms with Crippen molar-refractivity contribution < 1.29 is 14.3 Å². The molecule has 0 saturated heterocycles. The molecule has 1 aromatic rings. The molecule has 0 aliphatic heterocycles. The Balaban J connectivity index is 2.62. The lowest BCUT2D eigenvalue weighted by molar-refractivity contribution is 0.277. The van der Waals surface area contributed by atoms with E-state index in [9.17, 15) is 0 Å². The minimum absolute atomic E-state index is 0.0909. The van der Waals surface area contributed by atoms with Crippen molar-refractivity contribution in [3.05, 3.63) is 18.1 Å². The van der Waals surface area contributed by atoms with E-state index < -0.39 is 0 Å². The van der Waals surface area contributed by atoms with Crippen molar-refractivity contribution in [3.63, 3.8) is 0 Å². The second kappa shape index (κ2) is 4.03. The van der Waals surface area contributed by atoms with Gasteiger partial charge in [0.2, 0.25) is 0 Å². The van der Waals surface area contributed by atoms with Gasteiger partial charge in [0, 0.05) is 12.5 Å². The smallest absolute Gasteiger partial charge is 0.160 e. The summed E-state index contributed by atoms with van der Waals surface area (Å²) in [6.45, 7) is 2.63. The maximum absolute atomic E-state index is 8.62. The summed E-state index contributed by atoms with van der Waals surface area (Å²) in [5.74, 6) is 1.45. The lowest BCUT2D eigenvalue weighted by atomic mass is 10.3. The number of furan rings is 1. The topological polar surface area (TPSA) is 42.6 Å². The predicted octanol–water partition coefficient (Wildman–Crippen LogP) is 1.21. The fraction of sp³-hybridized carbons (Fsp3) is 0.500. The Morgan fingerprint density at radius 1 is 1.64 bits per heavy atom. The van der Waals surface area contributed by atoms with Crippen LogP contribution in [-0.2, 0) is 6.42 Å². The Hall–Kier alpha value is -0.960. The van der Waals surface area contributed by atoms with E-state index in [1.165, 1.54) is 0 Å². The molecule has 0 aromatic carbocycles. The van der Waals surface area contributed by atoms with E-state index in [0.29, 0.717) is 18.8 Å². The van der Waals surface area contributed by atoms with Crippen LogP contribution in [0, 0.1) is 0 Å². The molecule has 3 heteroatoms. The van der Waals surface area contributed by atoms with Crippen molar-refractivity contribution >= 4 is 0 Å². The summed E-state index contributed by atoms with van der Waals surface area (Å²) < 4.78 is 10.3. The van der Waals surface area contributed by atoms with Crippen LogP contribution in [0.1, 0.15) is 12.7 Å². The number of hydrogen-bond donors (Lipinski definition) is 1. The second-order valence-corrected chi connectivity index (χ2v) is 2.11. The Labute approximate surface area is 65.6 Å². The van der Waals surface area contributed by atoms with Crippen molar-refractivity contribution in [3.8, 4) is 5.75 Å². The van der Waals surface area contributed by atoms with Crippen molar-refractivity contribution in [2.75, 3.05) is 13.2 Å². The molecule has 0 spiro atoms. The average Bonchev–Trinajstić information content (AvgIpc) is 2.39. The summed E-state index contributed by atoms with van der Waals surface area (Å²) in [7, 11) is 0. The molecule has 0 bridgehead atoms. The van der Waals surface area contributed by atoms with Crippen LogP contribution in [-0.4, -0.2) is 18.3 Å². The van der Waals surface area contributed by atoms with Gasteiger partial charge in [-0.25, -0.2) is 0 Å². The third-order valence-corrected chi connectivity index (χ3v) is 1.34. The van der Waals surface area contributed by atoms with Crippen LogP contribution in [0.2, 0.25) is 0 Å². The van der Waals surface area contributed by atoms with Gasteiger partial charge in [0.05, 0.1) is 19.5 Å². The first-order chi connectivity index (χ1) is 5.38. The number of aliphatic hydroxyl groups excluding tert-OH is 1. The molecule has 0 unspecified atom stereocenters. The first-order valence-electron chi connectivity index (χ1n) is 3.68. The standard InChI is InChI=1S/C8H12O3/c1-2-10-8-4-6-11-7(8)3-5-9/h4,6,9H,2-3,5H2,1H3. The highest BCUT2D eigenvalue weighted by Gasteiger charge is 2.04. The normalized spacial score (nSPS) is 10.0. The molecule has 11 heavy (non-hydrogen) atoms. The minimum Gasteiger partial charge on any atom is -0.490 e. The molecule has 0 saturated carbocycles. The van der Waals surface area contributed by atoms with Crippen LogP contribution in [0.25, 0.3) is 0 Å². The molecule has 3 nitrogen and oxygen atoms in total. The van der Waals surface area contributed by atoms with E-state index in [-0.39, 0.29) is 6.61 Å². The average molecular weight is 156 g/mol. The largest absolute Gasteiger partial charge is 0.490 e. The van der Waals surface area contributed by atoms with Crippen LogP contribution >= 0.6 is 0 Å². The SMILES string of the molecule is CCOc1ccoc1CCO. The van der Waals surface area contributed by atoms with Gasteiger partial charge in [0.15, 0.2) is 5.75 Å².